The zero-order valence-electron chi connectivity index (χ0n) is 23.3. The van der Waals surface area contributed by atoms with E-state index in [4.69, 9.17) is 0 Å². The van der Waals surface area contributed by atoms with E-state index in [-0.39, 0.29) is 5.91 Å². The number of piperazine rings is 1. The average Bonchev–Trinajstić information content (AvgIpc) is 3.20. The van der Waals surface area contributed by atoms with Gasteiger partial charge in [0.1, 0.15) is 5.69 Å². The smallest absolute Gasteiger partial charge is 0.270 e. The molecule has 1 fully saturated rings. The van der Waals surface area contributed by atoms with Gasteiger partial charge in [0.2, 0.25) is 10.0 Å². The fourth-order valence-electron chi connectivity index (χ4n) is 3.76. The molecule has 3 N–H and O–H groups in total. The minimum atomic E-state index is -3.34. The lowest BCUT2D eigenvalue weighted by Crippen LogP contribution is -2.49. The van der Waals surface area contributed by atoms with E-state index in [1.807, 2.05) is 51.7 Å². The third-order valence-electron chi connectivity index (χ3n) is 5.10. The minimum absolute atomic E-state index is 0.0670. The molecule has 1 aliphatic rings. The van der Waals surface area contributed by atoms with Crippen LogP contribution in [-0.2, 0) is 10.0 Å². The van der Waals surface area contributed by atoms with Crippen molar-refractivity contribution in [1.82, 2.24) is 19.6 Å². The van der Waals surface area contributed by atoms with E-state index < -0.39 is 10.0 Å². The summed E-state index contributed by atoms with van der Waals surface area (Å²) in [5.41, 5.74) is 3.56. The molecule has 0 radical (unpaired) electrons. The van der Waals surface area contributed by atoms with Crippen molar-refractivity contribution in [3.05, 3.63) is 47.0 Å². The zero-order chi connectivity index (χ0) is 27.5. The maximum absolute atomic E-state index is 13.1. The van der Waals surface area contributed by atoms with Gasteiger partial charge < -0.3 is 20.1 Å². The van der Waals surface area contributed by atoms with Crippen LogP contribution >= 0.6 is 0 Å². The summed E-state index contributed by atoms with van der Waals surface area (Å²) in [5, 5.41) is 3.43. The summed E-state index contributed by atoms with van der Waals surface area (Å²) in [7, 11) is -3.34. The van der Waals surface area contributed by atoms with E-state index in [1.54, 1.807) is 25.3 Å². The molecule has 3 heterocycles. The van der Waals surface area contributed by atoms with E-state index in [1.165, 1.54) is 0 Å². The summed E-state index contributed by atoms with van der Waals surface area (Å²) in [5.74, 6) is 0.841. The van der Waals surface area contributed by atoms with E-state index in [0.29, 0.717) is 43.6 Å². The number of aromatic nitrogens is 2. The molecule has 36 heavy (non-hydrogen) atoms. The topological polar surface area (TPSA) is 110 Å². The second kappa shape index (κ2) is 14.5. The van der Waals surface area contributed by atoms with Crippen molar-refractivity contribution in [2.75, 3.05) is 42.7 Å². The first-order valence-corrected chi connectivity index (χ1v) is 14.5. The molecular weight excluding hydrogens is 476 g/mol. The van der Waals surface area contributed by atoms with Crippen LogP contribution in [0.5, 0.6) is 0 Å². The van der Waals surface area contributed by atoms with Crippen LogP contribution in [0.25, 0.3) is 6.08 Å². The number of hydrogen-bond acceptors (Lipinski definition) is 6. The van der Waals surface area contributed by atoms with Gasteiger partial charge in [-0.1, -0.05) is 27.7 Å². The maximum atomic E-state index is 13.1. The quantitative estimate of drug-likeness (QED) is 0.497. The predicted octanol–water partition coefficient (Wildman–Crippen LogP) is 4.46. The summed E-state index contributed by atoms with van der Waals surface area (Å²) in [4.78, 5) is 24.8. The molecule has 0 aromatic carbocycles. The van der Waals surface area contributed by atoms with Crippen LogP contribution in [0, 0.1) is 6.92 Å². The molecule has 2 aromatic rings. The Morgan fingerprint density at radius 2 is 1.75 bits per heavy atom. The third kappa shape index (κ3) is 9.22. The Morgan fingerprint density at radius 1 is 1.14 bits per heavy atom. The third-order valence-corrected chi connectivity index (χ3v) is 5.79. The molecule has 0 atom stereocenters. The number of carbonyl (C=O) groups is 1. The van der Waals surface area contributed by atoms with Crippen LogP contribution < -0.4 is 14.9 Å². The van der Waals surface area contributed by atoms with Gasteiger partial charge in [0.15, 0.2) is 5.82 Å². The van der Waals surface area contributed by atoms with Crippen molar-refractivity contribution >= 4 is 33.5 Å². The van der Waals surface area contributed by atoms with Gasteiger partial charge in [-0.3, -0.25) is 9.52 Å². The van der Waals surface area contributed by atoms with Crippen molar-refractivity contribution in [3.63, 3.8) is 0 Å². The number of aromatic amines is 1. The summed E-state index contributed by atoms with van der Waals surface area (Å²) in [6.45, 7) is 18.3. The van der Waals surface area contributed by atoms with Gasteiger partial charge >= 0.3 is 0 Å². The Morgan fingerprint density at radius 3 is 2.31 bits per heavy atom. The van der Waals surface area contributed by atoms with Crippen LogP contribution in [0.15, 0.2) is 30.1 Å². The predicted molar refractivity (Wildman–Crippen MR) is 151 cm³/mol. The highest BCUT2D eigenvalue weighted by Crippen LogP contribution is 2.25. The number of aryl methyl sites for hydroxylation is 1. The van der Waals surface area contributed by atoms with Gasteiger partial charge in [-0.25, -0.2) is 13.4 Å². The van der Waals surface area contributed by atoms with Gasteiger partial charge in [0, 0.05) is 49.8 Å². The molecule has 9 nitrogen and oxygen atoms in total. The second-order valence-corrected chi connectivity index (χ2v) is 10.2. The summed E-state index contributed by atoms with van der Waals surface area (Å²) in [6.07, 6.45) is 4.61. The van der Waals surface area contributed by atoms with E-state index in [2.05, 4.69) is 38.8 Å². The number of rotatable bonds is 7. The Kier molecular flexibility index (Phi) is 12.5. The number of sulfonamides is 1. The maximum Gasteiger partial charge on any atom is 0.270 e. The lowest BCUT2D eigenvalue weighted by Gasteiger charge is -2.36. The van der Waals surface area contributed by atoms with Gasteiger partial charge in [-0.15, -0.1) is 0 Å². The van der Waals surface area contributed by atoms with Crippen molar-refractivity contribution < 1.29 is 13.2 Å². The van der Waals surface area contributed by atoms with E-state index >= 15 is 0 Å². The molecule has 2 aromatic heterocycles. The van der Waals surface area contributed by atoms with Gasteiger partial charge in [0.05, 0.1) is 11.9 Å². The molecule has 202 valence electrons. The molecular formula is C26H44N6O3S. The number of nitrogens with one attached hydrogen (secondary N) is 3. The van der Waals surface area contributed by atoms with Crippen LogP contribution in [0.4, 0.5) is 11.5 Å². The summed E-state index contributed by atoms with van der Waals surface area (Å²) < 4.78 is 25.3. The highest BCUT2D eigenvalue weighted by molar-refractivity contribution is 7.88. The van der Waals surface area contributed by atoms with E-state index in [9.17, 15) is 13.2 Å². The number of H-pyrrole nitrogens is 1. The number of carbonyl (C=O) groups excluding carboxylic acids is 1. The monoisotopic (exact) mass is 520 g/mol. The molecule has 3 rings (SSSR count). The van der Waals surface area contributed by atoms with Crippen molar-refractivity contribution in [3.8, 4) is 0 Å². The highest BCUT2D eigenvalue weighted by atomic mass is 32.2. The van der Waals surface area contributed by atoms with Crippen molar-refractivity contribution in [2.45, 2.75) is 61.4 Å². The fraction of sp³-hybridized carbons (Fsp3) is 0.538. The standard InChI is InChI=1S/C22H32N6O3S.2C2H6/c1-15(2)24-19-7-6-8-23-21(19)27-9-11-28(12-10-27)22(29)20-14-18(17(4)25-20)13-16(3)26-32(5,30)31;2*1-2/h6-8,13-15,24-26H,9-12H2,1-5H3;2*1-2H3/b16-13+;;. The molecule has 1 amide bonds. The molecule has 1 aliphatic heterocycles. The first-order chi connectivity index (χ1) is 17.0. The zero-order valence-corrected chi connectivity index (χ0v) is 24.1. The normalized spacial score (nSPS) is 13.9. The molecule has 0 aliphatic carbocycles. The number of hydrogen-bond donors (Lipinski definition) is 3. The lowest BCUT2D eigenvalue weighted by molar-refractivity contribution is 0.0741. The van der Waals surface area contributed by atoms with Gasteiger partial charge in [-0.2, -0.15) is 0 Å². The number of pyridine rings is 1. The molecule has 1 saturated heterocycles. The second-order valence-electron chi connectivity index (χ2n) is 8.42. The summed E-state index contributed by atoms with van der Waals surface area (Å²) in [6, 6.07) is 6.01. The average molecular weight is 521 g/mol. The molecule has 10 heteroatoms. The Balaban J connectivity index is 0.00000154. The lowest BCUT2D eigenvalue weighted by atomic mass is 10.2. The highest BCUT2D eigenvalue weighted by Gasteiger charge is 2.25. The van der Waals surface area contributed by atoms with Crippen LogP contribution in [-0.4, -0.2) is 67.7 Å². The Labute approximate surface area is 217 Å². The number of allylic oxidation sites excluding steroid dienone is 1. The SMILES string of the molecule is C/C(=C\c1cc(C(=O)N2CCN(c3ncccc3NC(C)C)CC2)[nH]c1C)NS(C)(=O)=O.CC.CC. The van der Waals surface area contributed by atoms with Gasteiger partial charge in [-0.05, 0) is 57.5 Å². The van der Waals surface area contributed by atoms with Crippen LogP contribution in [0.3, 0.4) is 0 Å². The van der Waals surface area contributed by atoms with Crippen LogP contribution in [0.2, 0.25) is 0 Å². The van der Waals surface area contributed by atoms with Crippen molar-refractivity contribution in [1.29, 1.82) is 0 Å². The molecule has 0 unspecified atom stereocenters. The first kappa shape index (κ1) is 31.0. The molecule has 0 bridgehead atoms. The molecule has 0 spiro atoms. The fourth-order valence-corrected chi connectivity index (χ4v) is 4.40. The van der Waals surface area contributed by atoms with Crippen molar-refractivity contribution in [2.24, 2.45) is 0 Å². The first-order valence-electron chi connectivity index (χ1n) is 12.6. The van der Waals surface area contributed by atoms with Gasteiger partial charge in [0.25, 0.3) is 5.91 Å². The summed E-state index contributed by atoms with van der Waals surface area (Å²) >= 11 is 0. The van der Waals surface area contributed by atoms with Crippen LogP contribution in [0.1, 0.15) is 70.2 Å². The number of amides is 1. The Bertz CT molecular complexity index is 1100. The largest absolute Gasteiger partial charge is 0.380 e. The number of anilines is 2. The minimum Gasteiger partial charge on any atom is -0.380 e. The van der Waals surface area contributed by atoms with E-state index in [0.717, 1.165) is 29.0 Å². The molecule has 0 saturated carbocycles. The Hall–Kier alpha value is -3.01. The number of nitrogens with zero attached hydrogens (tertiary/aromatic N) is 3.